The van der Waals surface area contributed by atoms with Gasteiger partial charge >= 0.3 is 0 Å². The normalized spacial score (nSPS) is 10.5. The summed E-state index contributed by atoms with van der Waals surface area (Å²) in [7, 11) is 1.36. The zero-order valence-corrected chi connectivity index (χ0v) is 16.8. The predicted octanol–water partition coefficient (Wildman–Crippen LogP) is 2.91. The van der Waals surface area contributed by atoms with Gasteiger partial charge in [0, 0.05) is 12.7 Å². The average molecular weight is 408 g/mol. The molecule has 0 fully saturated rings. The molecule has 30 heavy (non-hydrogen) atoms. The minimum absolute atomic E-state index is 0.209. The Morgan fingerprint density at radius 2 is 1.77 bits per heavy atom. The summed E-state index contributed by atoms with van der Waals surface area (Å²) in [6, 6.07) is 14.7. The third-order valence-corrected chi connectivity index (χ3v) is 4.55. The Morgan fingerprint density at radius 1 is 1.07 bits per heavy atom. The standard InChI is InChI=1S/C22H21FN4O3/c1-14-20(15(2)27(25-14)18-10-5-4-6-11-18)21(29)22(30)26(3)13-19(28)24-17-9-7-8-16(23)12-17/h4-12H,13H2,1-3H3,(H,24,28). The van der Waals surface area contributed by atoms with Gasteiger partial charge in [-0.05, 0) is 44.2 Å². The number of benzene rings is 2. The van der Waals surface area contributed by atoms with E-state index in [-0.39, 0.29) is 17.8 Å². The van der Waals surface area contributed by atoms with E-state index >= 15 is 0 Å². The molecule has 7 nitrogen and oxygen atoms in total. The topological polar surface area (TPSA) is 84.3 Å². The van der Waals surface area contributed by atoms with Crippen LogP contribution in [-0.2, 0) is 9.59 Å². The van der Waals surface area contributed by atoms with Gasteiger partial charge < -0.3 is 10.2 Å². The van der Waals surface area contributed by atoms with Crippen LogP contribution in [0.4, 0.5) is 10.1 Å². The first-order chi connectivity index (χ1) is 14.3. The first-order valence-electron chi connectivity index (χ1n) is 9.24. The number of carbonyl (C=O) groups excluding carboxylic acids is 3. The molecule has 0 saturated heterocycles. The molecule has 8 heteroatoms. The molecule has 0 bridgehead atoms. The van der Waals surface area contributed by atoms with E-state index < -0.39 is 23.4 Å². The Balaban J connectivity index is 1.73. The van der Waals surface area contributed by atoms with Crippen LogP contribution in [0.1, 0.15) is 21.7 Å². The number of amides is 2. The van der Waals surface area contributed by atoms with E-state index in [1.165, 1.54) is 25.2 Å². The van der Waals surface area contributed by atoms with Crippen molar-refractivity contribution in [2.24, 2.45) is 0 Å². The molecule has 0 unspecified atom stereocenters. The van der Waals surface area contributed by atoms with Crippen molar-refractivity contribution in [3.8, 4) is 5.69 Å². The molecule has 0 atom stereocenters. The maximum atomic E-state index is 13.2. The van der Waals surface area contributed by atoms with Crippen molar-refractivity contribution >= 4 is 23.3 Å². The van der Waals surface area contributed by atoms with Gasteiger partial charge in [-0.3, -0.25) is 14.4 Å². The molecule has 0 radical (unpaired) electrons. The van der Waals surface area contributed by atoms with E-state index in [9.17, 15) is 18.8 Å². The van der Waals surface area contributed by atoms with Crippen LogP contribution in [-0.4, -0.2) is 45.9 Å². The summed E-state index contributed by atoms with van der Waals surface area (Å²) in [6.45, 7) is 3.01. The average Bonchev–Trinajstić information content (AvgIpc) is 3.01. The number of rotatable bonds is 6. The molecule has 2 amide bonds. The smallest absolute Gasteiger partial charge is 0.295 e. The third-order valence-electron chi connectivity index (χ3n) is 4.55. The summed E-state index contributed by atoms with van der Waals surface area (Å²) in [5.41, 5.74) is 2.21. The van der Waals surface area contributed by atoms with Crippen molar-refractivity contribution in [1.29, 1.82) is 0 Å². The van der Waals surface area contributed by atoms with Gasteiger partial charge in [-0.2, -0.15) is 5.10 Å². The fourth-order valence-electron chi connectivity index (χ4n) is 3.13. The Hall–Kier alpha value is -3.81. The summed E-state index contributed by atoms with van der Waals surface area (Å²) in [5.74, 6) is -2.61. The second kappa shape index (κ2) is 8.69. The second-order valence-corrected chi connectivity index (χ2v) is 6.84. The summed E-state index contributed by atoms with van der Waals surface area (Å²) >= 11 is 0. The van der Waals surface area contributed by atoms with E-state index in [1.54, 1.807) is 18.5 Å². The molecule has 0 aliphatic rings. The number of halogens is 1. The van der Waals surface area contributed by atoms with Gasteiger partial charge in [0.15, 0.2) is 0 Å². The van der Waals surface area contributed by atoms with Gasteiger partial charge in [0.1, 0.15) is 5.82 Å². The van der Waals surface area contributed by atoms with E-state index in [0.29, 0.717) is 11.4 Å². The SMILES string of the molecule is Cc1nn(-c2ccccc2)c(C)c1C(=O)C(=O)N(C)CC(=O)Nc1cccc(F)c1. The van der Waals surface area contributed by atoms with Gasteiger partial charge in [0.25, 0.3) is 11.7 Å². The number of anilines is 1. The number of nitrogens with zero attached hydrogens (tertiary/aromatic N) is 3. The zero-order chi connectivity index (χ0) is 21.8. The van der Waals surface area contributed by atoms with Gasteiger partial charge in [-0.1, -0.05) is 24.3 Å². The highest BCUT2D eigenvalue weighted by molar-refractivity contribution is 6.43. The summed E-state index contributed by atoms with van der Waals surface area (Å²) in [4.78, 5) is 38.7. The van der Waals surface area contributed by atoms with Crippen molar-refractivity contribution in [3.63, 3.8) is 0 Å². The lowest BCUT2D eigenvalue weighted by atomic mass is 10.1. The number of hydrogen-bond acceptors (Lipinski definition) is 4. The second-order valence-electron chi connectivity index (χ2n) is 6.84. The number of aromatic nitrogens is 2. The third kappa shape index (κ3) is 4.43. The van der Waals surface area contributed by atoms with Crippen molar-refractivity contribution < 1.29 is 18.8 Å². The fourth-order valence-corrected chi connectivity index (χ4v) is 3.13. The van der Waals surface area contributed by atoms with Gasteiger partial charge in [0.05, 0.1) is 29.2 Å². The molecule has 1 aromatic heterocycles. The Morgan fingerprint density at radius 3 is 2.43 bits per heavy atom. The highest BCUT2D eigenvalue weighted by atomic mass is 19.1. The lowest BCUT2D eigenvalue weighted by molar-refractivity contribution is -0.129. The number of nitrogens with one attached hydrogen (secondary N) is 1. The van der Waals surface area contributed by atoms with Crippen LogP contribution in [0.25, 0.3) is 5.69 Å². The van der Waals surface area contributed by atoms with Crippen LogP contribution in [0.15, 0.2) is 54.6 Å². The number of ketones is 1. The van der Waals surface area contributed by atoms with Crippen LogP contribution < -0.4 is 5.32 Å². The van der Waals surface area contributed by atoms with Crippen LogP contribution >= 0.6 is 0 Å². The molecule has 154 valence electrons. The molecule has 1 heterocycles. The van der Waals surface area contributed by atoms with E-state index in [4.69, 9.17) is 0 Å². The number of hydrogen-bond donors (Lipinski definition) is 1. The van der Waals surface area contributed by atoms with Crippen LogP contribution in [0.5, 0.6) is 0 Å². The van der Waals surface area contributed by atoms with E-state index in [0.717, 1.165) is 16.7 Å². The van der Waals surface area contributed by atoms with E-state index in [1.807, 2.05) is 30.3 Å². The molecular weight excluding hydrogens is 387 g/mol. The largest absolute Gasteiger partial charge is 0.330 e. The Labute approximate surface area is 173 Å². The quantitative estimate of drug-likeness (QED) is 0.502. The first-order valence-corrected chi connectivity index (χ1v) is 9.24. The fraction of sp³-hybridized carbons (Fsp3) is 0.182. The predicted molar refractivity (Wildman–Crippen MR) is 110 cm³/mol. The minimum atomic E-state index is -0.830. The molecule has 0 aliphatic heterocycles. The zero-order valence-electron chi connectivity index (χ0n) is 16.8. The summed E-state index contributed by atoms with van der Waals surface area (Å²) in [6.07, 6.45) is 0. The molecular formula is C22H21FN4O3. The van der Waals surface area contributed by atoms with Crippen molar-refractivity contribution in [2.45, 2.75) is 13.8 Å². The lowest BCUT2D eigenvalue weighted by Crippen LogP contribution is -2.39. The van der Waals surface area contributed by atoms with Gasteiger partial charge in [-0.15, -0.1) is 0 Å². The number of aryl methyl sites for hydroxylation is 1. The number of carbonyl (C=O) groups is 3. The van der Waals surface area contributed by atoms with Crippen LogP contribution in [0.2, 0.25) is 0 Å². The molecule has 0 saturated carbocycles. The highest BCUT2D eigenvalue weighted by Crippen LogP contribution is 2.19. The molecule has 0 spiro atoms. The molecule has 1 N–H and O–H groups in total. The molecule has 3 rings (SSSR count). The van der Waals surface area contributed by atoms with Crippen LogP contribution in [0, 0.1) is 19.7 Å². The maximum absolute atomic E-state index is 13.2. The lowest BCUT2D eigenvalue weighted by Gasteiger charge is -2.16. The van der Waals surface area contributed by atoms with Gasteiger partial charge in [0.2, 0.25) is 5.91 Å². The van der Waals surface area contributed by atoms with Crippen molar-refractivity contribution in [3.05, 3.63) is 77.4 Å². The van der Waals surface area contributed by atoms with Crippen molar-refractivity contribution in [2.75, 3.05) is 18.9 Å². The summed E-state index contributed by atoms with van der Waals surface area (Å²) in [5, 5.41) is 6.87. The van der Waals surface area contributed by atoms with Gasteiger partial charge in [-0.25, -0.2) is 9.07 Å². The van der Waals surface area contributed by atoms with Crippen LogP contribution in [0.3, 0.4) is 0 Å². The summed E-state index contributed by atoms with van der Waals surface area (Å²) < 4.78 is 14.8. The first kappa shape index (κ1) is 20.9. The molecule has 0 aliphatic carbocycles. The minimum Gasteiger partial charge on any atom is -0.330 e. The van der Waals surface area contributed by atoms with E-state index in [2.05, 4.69) is 10.4 Å². The monoisotopic (exact) mass is 408 g/mol. The molecule has 3 aromatic rings. The highest BCUT2D eigenvalue weighted by Gasteiger charge is 2.28. The molecule has 2 aromatic carbocycles. The Bertz CT molecular complexity index is 1110. The number of Topliss-reactive ketones (excluding diaryl/α,β-unsaturated/α-hetero) is 1. The maximum Gasteiger partial charge on any atom is 0.295 e. The number of para-hydroxylation sites is 1. The Kier molecular flexibility index (Phi) is 6.06. The van der Waals surface area contributed by atoms with Crippen molar-refractivity contribution in [1.82, 2.24) is 14.7 Å². The number of likely N-dealkylation sites (N-methyl/N-ethyl adjacent to an activating group) is 1.